The number of nitrogens with one attached hydrogen (secondary N) is 1. The Morgan fingerprint density at radius 3 is 2.81 bits per heavy atom. The van der Waals surface area contributed by atoms with Crippen LogP contribution in [0.4, 0.5) is 4.39 Å². The van der Waals surface area contributed by atoms with Gasteiger partial charge in [-0.3, -0.25) is 14.2 Å². The summed E-state index contributed by atoms with van der Waals surface area (Å²) in [6.45, 7) is 2.54. The van der Waals surface area contributed by atoms with E-state index in [0.29, 0.717) is 23.1 Å². The van der Waals surface area contributed by atoms with Gasteiger partial charge < -0.3 is 5.32 Å². The van der Waals surface area contributed by atoms with Crippen LogP contribution in [0.3, 0.4) is 0 Å². The van der Waals surface area contributed by atoms with Crippen molar-refractivity contribution in [2.45, 2.75) is 26.3 Å². The fourth-order valence-electron chi connectivity index (χ4n) is 2.79. The van der Waals surface area contributed by atoms with Crippen molar-refractivity contribution in [2.24, 2.45) is 0 Å². The molecule has 0 spiro atoms. The molecule has 3 rings (SSSR count). The zero-order valence-electron chi connectivity index (χ0n) is 14.5. The number of nitrogens with zero attached hydrogens (tertiary/aromatic N) is 2. The van der Waals surface area contributed by atoms with E-state index in [9.17, 15) is 14.0 Å². The highest BCUT2D eigenvalue weighted by Crippen LogP contribution is 2.14. The van der Waals surface area contributed by atoms with Gasteiger partial charge in [-0.05, 0) is 30.7 Å². The molecule has 3 aromatic rings. The second-order valence-corrected chi connectivity index (χ2v) is 6.07. The average Bonchev–Trinajstić information content (AvgIpc) is 2.65. The summed E-state index contributed by atoms with van der Waals surface area (Å²) in [6, 6.07) is 11.3. The van der Waals surface area contributed by atoms with Crippen molar-refractivity contribution in [3.05, 3.63) is 76.0 Å². The maximum absolute atomic E-state index is 14.1. The lowest BCUT2D eigenvalue weighted by molar-refractivity contribution is 0.0951. The topological polar surface area (TPSA) is 64.0 Å². The third-order valence-corrected chi connectivity index (χ3v) is 4.19. The van der Waals surface area contributed by atoms with Crippen LogP contribution in [0.5, 0.6) is 0 Å². The van der Waals surface area contributed by atoms with Gasteiger partial charge in [0.15, 0.2) is 0 Å². The van der Waals surface area contributed by atoms with E-state index in [-0.39, 0.29) is 12.1 Å². The Morgan fingerprint density at radius 1 is 1.23 bits per heavy atom. The molecule has 0 saturated heterocycles. The van der Waals surface area contributed by atoms with Crippen LogP contribution < -0.4 is 10.9 Å². The van der Waals surface area contributed by atoms with Crippen LogP contribution in [0, 0.1) is 5.82 Å². The number of hydrogen-bond donors (Lipinski definition) is 1. The molecule has 0 aliphatic carbocycles. The first-order valence-corrected chi connectivity index (χ1v) is 8.62. The lowest BCUT2D eigenvalue weighted by atomic mass is 10.1. The van der Waals surface area contributed by atoms with E-state index < -0.39 is 17.3 Å². The molecular formula is C20H20FN3O2. The lowest BCUT2D eigenvalue weighted by Gasteiger charge is -2.13. The number of carbonyl (C=O) groups is 1. The van der Waals surface area contributed by atoms with E-state index >= 15 is 0 Å². The third kappa shape index (κ3) is 3.64. The number of pyridine rings is 2. The van der Waals surface area contributed by atoms with Gasteiger partial charge in [0.1, 0.15) is 17.0 Å². The van der Waals surface area contributed by atoms with Crippen molar-refractivity contribution in [1.29, 1.82) is 0 Å². The van der Waals surface area contributed by atoms with Gasteiger partial charge in [0.2, 0.25) is 0 Å². The van der Waals surface area contributed by atoms with E-state index in [1.54, 1.807) is 42.6 Å². The molecule has 0 bridgehead atoms. The van der Waals surface area contributed by atoms with Crippen molar-refractivity contribution in [1.82, 2.24) is 14.9 Å². The molecule has 1 aromatic carbocycles. The minimum atomic E-state index is -0.478. The highest BCUT2D eigenvalue weighted by Gasteiger charge is 2.17. The monoisotopic (exact) mass is 353 g/mol. The SMILES string of the molecule is CCCCNC(=O)c1cc2cccnc2n(Cc2ccccc2F)c1=O. The molecule has 5 nitrogen and oxygen atoms in total. The van der Waals surface area contributed by atoms with E-state index in [1.165, 1.54) is 10.6 Å². The maximum atomic E-state index is 14.1. The molecule has 26 heavy (non-hydrogen) atoms. The molecule has 0 atom stereocenters. The molecule has 134 valence electrons. The Kier molecular flexibility index (Phi) is 5.41. The Labute approximate surface area is 150 Å². The predicted octanol–water partition coefficient (Wildman–Crippen LogP) is 3.11. The van der Waals surface area contributed by atoms with Gasteiger partial charge in [-0.15, -0.1) is 0 Å². The number of halogens is 1. The van der Waals surface area contributed by atoms with E-state index in [2.05, 4.69) is 10.3 Å². The summed E-state index contributed by atoms with van der Waals surface area (Å²) < 4.78 is 15.4. The number of hydrogen-bond acceptors (Lipinski definition) is 3. The second-order valence-electron chi connectivity index (χ2n) is 6.07. The van der Waals surface area contributed by atoms with Crippen molar-refractivity contribution in [3.63, 3.8) is 0 Å². The molecule has 0 aliphatic rings. The summed E-state index contributed by atoms with van der Waals surface area (Å²) in [5.41, 5.74) is 0.349. The third-order valence-electron chi connectivity index (χ3n) is 4.19. The van der Waals surface area contributed by atoms with E-state index in [0.717, 1.165) is 12.8 Å². The van der Waals surface area contributed by atoms with Crippen LogP contribution in [0.25, 0.3) is 11.0 Å². The minimum absolute atomic E-state index is 0.00903. The molecule has 6 heteroatoms. The fourth-order valence-corrected chi connectivity index (χ4v) is 2.79. The number of rotatable bonds is 6. The Bertz CT molecular complexity index is 998. The number of aromatic nitrogens is 2. The van der Waals surface area contributed by atoms with Crippen LogP contribution in [-0.4, -0.2) is 22.0 Å². The Hall–Kier alpha value is -3.02. The van der Waals surface area contributed by atoms with Gasteiger partial charge >= 0.3 is 0 Å². The smallest absolute Gasteiger partial charge is 0.265 e. The van der Waals surface area contributed by atoms with Crippen LogP contribution in [0.15, 0.2) is 53.5 Å². The highest BCUT2D eigenvalue weighted by atomic mass is 19.1. The number of benzene rings is 1. The van der Waals surface area contributed by atoms with E-state index in [1.807, 2.05) is 6.92 Å². The number of unbranched alkanes of at least 4 members (excludes halogenated alkanes) is 1. The van der Waals surface area contributed by atoms with Gasteiger partial charge in [0.05, 0.1) is 6.54 Å². The summed E-state index contributed by atoms with van der Waals surface area (Å²) in [5.74, 6) is -0.822. The quantitative estimate of drug-likeness (QED) is 0.693. The summed E-state index contributed by atoms with van der Waals surface area (Å²) >= 11 is 0. The Morgan fingerprint density at radius 2 is 2.04 bits per heavy atom. The Balaban J connectivity index is 2.08. The molecule has 1 N–H and O–H groups in total. The predicted molar refractivity (Wildman–Crippen MR) is 98.7 cm³/mol. The van der Waals surface area contributed by atoms with Gasteiger partial charge in [0, 0.05) is 23.7 Å². The summed E-state index contributed by atoms with van der Waals surface area (Å²) in [6.07, 6.45) is 3.35. The van der Waals surface area contributed by atoms with Crippen molar-refractivity contribution >= 4 is 16.9 Å². The number of carbonyl (C=O) groups excluding carboxylic acids is 1. The summed E-state index contributed by atoms with van der Waals surface area (Å²) in [7, 11) is 0. The maximum Gasteiger partial charge on any atom is 0.265 e. The van der Waals surface area contributed by atoms with Crippen LogP contribution in [-0.2, 0) is 6.54 Å². The zero-order valence-corrected chi connectivity index (χ0v) is 14.5. The first-order chi connectivity index (χ1) is 12.6. The molecule has 0 saturated carbocycles. The van der Waals surface area contributed by atoms with Crippen molar-refractivity contribution in [3.8, 4) is 0 Å². The summed E-state index contributed by atoms with van der Waals surface area (Å²) in [5, 5.41) is 3.42. The highest BCUT2D eigenvalue weighted by molar-refractivity contribution is 5.96. The molecule has 0 radical (unpaired) electrons. The van der Waals surface area contributed by atoms with Crippen LogP contribution in [0.1, 0.15) is 35.7 Å². The average molecular weight is 353 g/mol. The first-order valence-electron chi connectivity index (χ1n) is 8.62. The molecular weight excluding hydrogens is 333 g/mol. The van der Waals surface area contributed by atoms with E-state index in [4.69, 9.17) is 0 Å². The van der Waals surface area contributed by atoms with Crippen LogP contribution >= 0.6 is 0 Å². The largest absolute Gasteiger partial charge is 0.352 e. The fraction of sp³-hybridized carbons (Fsp3) is 0.250. The van der Waals surface area contributed by atoms with Crippen molar-refractivity contribution < 1.29 is 9.18 Å². The van der Waals surface area contributed by atoms with Gasteiger partial charge in [0.25, 0.3) is 11.5 Å². The second kappa shape index (κ2) is 7.91. The van der Waals surface area contributed by atoms with Gasteiger partial charge in [-0.1, -0.05) is 31.5 Å². The van der Waals surface area contributed by atoms with Crippen LogP contribution in [0.2, 0.25) is 0 Å². The molecule has 2 aromatic heterocycles. The molecule has 0 unspecified atom stereocenters. The number of fused-ring (bicyclic) bond motifs is 1. The van der Waals surface area contributed by atoms with Gasteiger partial charge in [-0.25, -0.2) is 9.37 Å². The normalized spacial score (nSPS) is 10.8. The molecule has 1 amide bonds. The van der Waals surface area contributed by atoms with Gasteiger partial charge in [-0.2, -0.15) is 0 Å². The standard InChI is InChI=1S/C20H20FN3O2/c1-2-3-10-23-19(25)16-12-14-8-6-11-22-18(14)24(20(16)26)13-15-7-4-5-9-17(15)21/h4-9,11-12H,2-3,10,13H2,1H3,(H,23,25). The first kappa shape index (κ1) is 17.8. The number of amides is 1. The lowest BCUT2D eigenvalue weighted by Crippen LogP contribution is -2.34. The minimum Gasteiger partial charge on any atom is -0.352 e. The molecule has 2 heterocycles. The van der Waals surface area contributed by atoms with Crippen molar-refractivity contribution in [2.75, 3.05) is 6.54 Å². The molecule has 0 fully saturated rings. The zero-order chi connectivity index (χ0) is 18.5. The summed E-state index contributed by atoms with van der Waals surface area (Å²) in [4.78, 5) is 29.6. The molecule has 0 aliphatic heterocycles.